The minimum absolute atomic E-state index is 0.0797. The van der Waals surface area contributed by atoms with Crippen molar-refractivity contribution in [3.63, 3.8) is 0 Å². The molecular formula is C26H33N4O2P. The number of carbonyl (C=O) groups excluding carboxylic acids is 1. The van der Waals surface area contributed by atoms with Crippen LogP contribution >= 0.6 is 9.24 Å². The lowest BCUT2D eigenvalue weighted by Gasteiger charge is -2.30. The van der Waals surface area contributed by atoms with E-state index in [1.807, 2.05) is 12.1 Å². The van der Waals surface area contributed by atoms with Gasteiger partial charge in [0, 0.05) is 49.8 Å². The Balaban J connectivity index is 1.61. The predicted molar refractivity (Wildman–Crippen MR) is 137 cm³/mol. The average Bonchev–Trinajstić information content (AvgIpc) is 3.28. The molecule has 1 aromatic heterocycles. The number of aromatic nitrogens is 3. The van der Waals surface area contributed by atoms with Crippen LogP contribution < -0.4 is 4.90 Å². The maximum atomic E-state index is 12.6. The van der Waals surface area contributed by atoms with Crippen molar-refractivity contribution in [1.82, 2.24) is 15.0 Å². The monoisotopic (exact) mass is 464 g/mol. The number of hydrogen-bond acceptors (Lipinski definition) is 5. The molecule has 0 aliphatic carbocycles. The van der Waals surface area contributed by atoms with Crippen LogP contribution in [0.2, 0.25) is 0 Å². The highest BCUT2D eigenvalue weighted by Crippen LogP contribution is 2.40. The van der Waals surface area contributed by atoms with Gasteiger partial charge >= 0.3 is 0 Å². The fourth-order valence-electron chi connectivity index (χ4n) is 4.55. The van der Waals surface area contributed by atoms with E-state index in [1.165, 1.54) is 35.9 Å². The lowest BCUT2D eigenvalue weighted by Crippen LogP contribution is -2.26. The molecule has 7 heteroatoms. The average molecular weight is 465 g/mol. The Hall–Kier alpha value is -2.56. The predicted octanol–water partition coefficient (Wildman–Crippen LogP) is 5.43. The molecule has 33 heavy (non-hydrogen) atoms. The molecule has 1 atom stereocenters. The van der Waals surface area contributed by atoms with E-state index in [4.69, 9.17) is 4.74 Å². The number of nitrogens with zero attached hydrogens (tertiary/aromatic N) is 4. The molecule has 2 aromatic carbocycles. The second kappa shape index (κ2) is 11.5. The summed E-state index contributed by atoms with van der Waals surface area (Å²) in [6.45, 7) is 2.64. The van der Waals surface area contributed by atoms with Gasteiger partial charge in [0.2, 0.25) is 0 Å². The van der Waals surface area contributed by atoms with E-state index >= 15 is 0 Å². The molecule has 3 aromatic rings. The van der Waals surface area contributed by atoms with Crippen molar-refractivity contribution < 1.29 is 9.53 Å². The minimum atomic E-state index is -0.0797. The van der Waals surface area contributed by atoms with Gasteiger partial charge < -0.3 is 9.64 Å². The van der Waals surface area contributed by atoms with Gasteiger partial charge in [-0.1, -0.05) is 73.4 Å². The summed E-state index contributed by atoms with van der Waals surface area (Å²) in [5.74, 6) is -0.0797. The second-order valence-corrected chi connectivity index (χ2v) is 8.91. The zero-order valence-corrected chi connectivity index (χ0v) is 20.5. The summed E-state index contributed by atoms with van der Waals surface area (Å²) in [6.07, 6.45) is 7.57. The normalized spacial score (nSPS) is 12.5. The largest absolute Gasteiger partial charge is 0.385 e. The Morgan fingerprint density at radius 1 is 0.970 bits per heavy atom. The lowest BCUT2D eigenvalue weighted by molar-refractivity contribution is 0.0926. The topological polar surface area (TPSA) is 60.2 Å². The highest BCUT2D eigenvalue weighted by molar-refractivity contribution is 7.18. The van der Waals surface area contributed by atoms with Gasteiger partial charge in [0.1, 0.15) is 11.4 Å². The standard InChI is InChI=1S/C26H33N4O2P/c1-32-17-11-5-3-2-4-10-16-29-18-20-12-6-7-13-21(20)26-25(22-14-8-9-15-23(22)29)27-28-30(26)24(31)19-33/h6-9,12-15H,2-5,10-11,16-19,33H2,1H3. The van der Waals surface area contributed by atoms with E-state index in [0.29, 0.717) is 6.16 Å². The molecule has 0 amide bonds. The smallest absolute Gasteiger partial charge is 0.252 e. The number of ether oxygens (including phenoxy) is 1. The summed E-state index contributed by atoms with van der Waals surface area (Å²) in [5, 5.41) is 8.76. The number of methoxy groups -OCH3 is 1. The Morgan fingerprint density at radius 3 is 2.45 bits per heavy atom. The number of carbonyl (C=O) groups is 1. The van der Waals surface area contributed by atoms with Gasteiger partial charge in [-0.3, -0.25) is 4.79 Å². The summed E-state index contributed by atoms with van der Waals surface area (Å²) in [6, 6.07) is 16.7. The van der Waals surface area contributed by atoms with E-state index < -0.39 is 0 Å². The molecule has 1 aliphatic rings. The van der Waals surface area contributed by atoms with Crippen LogP contribution in [0.25, 0.3) is 22.5 Å². The molecule has 0 N–H and O–H groups in total. The third kappa shape index (κ3) is 5.34. The quantitative estimate of drug-likeness (QED) is 0.296. The lowest BCUT2D eigenvalue weighted by atomic mass is 9.95. The second-order valence-electron chi connectivity index (χ2n) is 8.51. The Morgan fingerprint density at radius 2 is 1.67 bits per heavy atom. The molecule has 0 spiro atoms. The van der Waals surface area contributed by atoms with Gasteiger partial charge in [0.25, 0.3) is 5.91 Å². The van der Waals surface area contributed by atoms with Crippen molar-refractivity contribution in [2.45, 2.75) is 45.1 Å². The molecule has 174 valence electrons. The molecule has 0 radical (unpaired) electrons. The van der Waals surface area contributed by atoms with Gasteiger partial charge in [0.15, 0.2) is 0 Å². The minimum Gasteiger partial charge on any atom is -0.385 e. The highest BCUT2D eigenvalue weighted by Gasteiger charge is 2.27. The molecular weight excluding hydrogens is 431 g/mol. The van der Waals surface area contributed by atoms with E-state index in [9.17, 15) is 4.79 Å². The van der Waals surface area contributed by atoms with Crippen molar-refractivity contribution in [3.8, 4) is 22.5 Å². The zero-order valence-electron chi connectivity index (χ0n) is 19.4. The highest BCUT2D eigenvalue weighted by atomic mass is 31.0. The molecule has 0 saturated carbocycles. The van der Waals surface area contributed by atoms with E-state index in [2.05, 4.69) is 60.8 Å². The summed E-state index contributed by atoms with van der Waals surface area (Å²) < 4.78 is 6.61. The van der Waals surface area contributed by atoms with Gasteiger partial charge in [-0.15, -0.1) is 14.3 Å². The molecule has 0 bridgehead atoms. The van der Waals surface area contributed by atoms with Crippen molar-refractivity contribution in [2.24, 2.45) is 0 Å². The van der Waals surface area contributed by atoms with Crippen LogP contribution in [0.15, 0.2) is 48.5 Å². The first kappa shape index (κ1) is 23.6. The van der Waals surface area contributed by atoms with E-state index in [1.54, 1.807) is 7.11 Å². The van der Waals surface area contributed by atoms with Crippen molar-refractivity contribution in [3.05, 3.63) is 54.1 Å². The molecule has 2 heterocycles. The first-order chi connectivity index (χ1) is 16.2. The SMILES string of the molecule is COCCCCCCCCN1Cc2ccccc2-c2c(nnn2C(=O)CP)-c2ccccc21. The van der Waals surface area contributed by atoms with Gasteiger partial charge in [-0.2, -0.15) is 4.68 Å². The maximum absolute atomic E-state index is 12.6. The van der Waals surface area contributed by atoms with Gasteiger partial charge in [0.05, 0.1) is 0 Å². The Bertz CT molecular complexity index is 1080. The third-order valence-electron chi connectivity index (χ3n) is 6.24. The van der Waals surface area contributed by atoms with Gasteiger partial charge in [-0.25, -0.2) is 0 Å². The van der Waals surface area contributed by atoms with Crippen molar-refractivity contribution in [2.75, 3.05) is 31.3 Å². The van der Waals surface area contributed by atoms with Crippen LogP contribution in [-0.4, -0.2) is 47.3 Å². The fraction of sp³-hybridized carbons (Fsp3) is 0.423. The van der Waals surface area contributed by atoms with Crippen LogP contribution in [0.5, 0.6) is 0 Å². The number of para-hydroxylation sites is 1. The van der Waals surface area contributed by atoms with E-state index in [0.717, 1.165) is 60.7 Å². The van der Waals surface area contributed by atoms with Crippen LogP contribution in [0, 0.1) is 0 Å². The molecule has 1 aliphatic heterocycles. The Kier molecular flexibility index (Phi) is 8.25. The molecule has 6 nitrogen and oxygen atoms in total. The fourth-order valence-corrected chi connectivity index (χ4v) is 4.72. The Labute approximate surface area is 198 Å². The van der Waals surface area contributed by atoms with Crippen LogP contribution in [0.1, 0.15) is 48.9 Å². The van der Waals surface area contributed by atoms with Crippen molar-refractivity contribution >= 4 is 20.8 Å². The number of benzene rings is 2. The first-order valence-electron chi connectivity index (χ1n) is 11.8. The van der Waals surface area contributed by atoms with E-state index in [-0.39, 0.29) is 5.91 Å². The van der Waals surface area contributed by atoms with Crippen LogP contribution in [0.4, 0.5) is 5.69 Å². The summed E-state index contributed by atoms with van der Waals surface area (Å²) in [7, 11) is 4.26. The number of anilines is 1. The molecule has 4 rings (SSSR count). The van der Waals surface area contributed by atoms with Crippen molar-refractivity contribution in [1.29, 1.82) is 0 Å². The van der Waals surface area contributed by atoms with Crippen LogP contribution in [-0.2, 0) is 11.3 Å². The van der Waals surface area contributed by atoms with Gasteiger partial charge in [-0.05, 0) is 24.5 Å². The number of rotatable bonds is 10. The zero-order chi connectivity index (χ0) is 23.0. The number of fused-ring (bicyclic) bond motifs is 5. The number of hydrogen-bond donors (Lipinski definition) is 0. The summed E-state index contributed by atoms with van der Waals surface area (Å²) >= 11 is 0. The summed E-state index contributed by atoms with van der Waals surface area (Å²) in [5.41, 5.74) is 5.96. The van der Waals surface area contributed by atoms with Crippen LogP contribution in [0.3, 0.4) is 0 Å². The first-order valence-corrected chi connectivity index (χ1v) is 12.7. The molecule has 1 unspecified atom stereocenters. The molecule has 0 saturated heterocycles. The number of unbranched alkanes of at least 4 members (excludes halogenated alkanes) is 5. The molecule has 0 fully saturated rings. The third-order valence-corrected chi connectivity index (χ3v) is 6.59. The maximum Gasteiger partial charge on any atom is 0.252 e. The summed E-state index contributed by atoms with van der Waals surface area (Å²) in [4.78, 5) is 15.1.